The normalized spacial score (nSPS) is 40.9. The lowest BCUT2D eigenvalue weighted by Crippen LogP contribution is -2.55. The Kier molecular flexibility index (Phi) is 2.29. The van der Waals surface area contributed by atoms with E-state index in [9.17, 15) is 0 Å². The molecule has 14 heavy (non-hydrogen) atoms. The molecule has 2 atom stereocenters. The highest BCUT2D eigenvalue weighted by atomic mass is 35.5. The molecule has 1 spiro atoms. The molecule has 0 saturated heterocycles. The van der Waals surface area contributed by atoms with Crippen molar-refractivity contribution < 1.29 is 4.74 Å². The number of hydrogen-bond donors (Lipinski definition) is 0. The highest BCUT2D eigenvalue weighted by molar-refractivity contribution is 6.21. The van der Waals surface area contributed by atoms with Crippen LogP contribution < -0.4 is 0 Å². The zero-order valence-corrected chi connectivity index (χ0v) is 9.43. The van der Waals surface area contributed by atoms with Gasteiger partial charge in [-0.25, -0.2) is 0 Å². The molecule has 0 radical (unpaired) electrons. The summed E-state index contributed by atoms with van der Waals surface area (Å²) in [4.78, 5) is 0. The van der Waals surface area contributed by atoms with Gasteiger partial charge >= 0.3 is 0 Å². The van der Waals surface area contributed by atoms with Crippen molar-refractivity contribution in [3.63, 3.8) is 0 Å². The van der Waals surface area contributed by atoms with E-state index in [0.717, 1.165) is 6.42 Å². The first-order valence-electron chi connectivity index (χ1n) is 6.11. The van der Waals surface area contributed by atoms with Crippen LogP contribution in [-0.4, -0.2) is 17.6 Å². The summed E-state index contributed by atoms with van der Waals surface area (Å²) < 4.78 is 6.15. The van der Waals surface area contributed by atoms with Crippen LogP contribution >= 0.6 is 11.6 Å². The minimum atomic E-state index is 0.400. The second-order valence-electron chi connectivity index (χ2n) is 5.32. The smallest absolute Gasteiger partial charge is 0.0663 e. The molecule has 0 aromatic carbocycles. The van der Waals surface area contributed by atoms with E-state index in [-0.39, 0.29) is 0 Å². The summed E-state index contributed by atoms with van der Waals surface area (Å²) >= 11 is 6.37. The molecule has 0 heterocycles. The second kappa shape index (κ2) is 3.38. The molecule has 1 nitrogen and oxygen atoms in total. The molecule has 0 aromatic heterocycles. The Balaban J connectivity index is 1.63. The number of ether oxygens (including phenoxy) is 1. The third-order valence-corrected chi connectivity index (χ3v) is 5.24. The first kappa shape index (κ1) is 9.47. The van der Waals surface area contributed by atoms with Crippen LogP contribution in [0.25, 0.3) is 0 Å². The molecule has 0 aliphatic heterocycles. The van der Waals surface area contributed by atoms with E-state index < -0.39 is 0 Å². The Morgan fingerprint density at radius 3 is 2.29 bits per heavy atom. The number of hydrogen-bond acceptors (Lipinski definition) is 1. The molecule has 0 bridgehead atoms. The molecule has 3 saturated carbocycles. The van der Waals surface area contributed by atoms with E-state index >= 15 is 0 Å². The van der Waals surface area contributed by atoms with Crippen LogP contribution in [0.5, 0.6) is 0 Å². The Morgan fingerprint density at radius 2 is 1.79 bits per heavy atom. The standard InChI is InChI=1S/C12H19ClO/c13-10-8-11(14-9-4-3-5-9)12(10)6-1-2-7-12/h9-11H,1-8H2. The predicted molar refractivity (Wildman–Crippen MR) is 57.7 cm³/mol. The maximum absolute atomic E-state index is 6.37. The molecule has 80 valence electrons. The quantitative estimate of drug-likeness (QED) is 0.640. The van der Waals surface area contributed by atoms with Crippen LogP contribution in [0.15, 0.2) is 0 Å². The van der Waals surface area contributed by atoms with E-state index in [4.69, 9.17) is 16.3 Å². The Bertz CT molecular complexity index is 218. The van der Waals surface area contributed by atoms with E-state index in [1.165, 1.54) is 44.9 Å². The fourth-order valence-electron chi connectivity index (χ4n) is 3.30. The predicted octanol–water partition coefficient (Wildman–Crippen LogP) is 3.50. The maximum atomic E-state index is 6.37. The van der Waals surface area contributed by atoms with Crippen molar-refractivity contribution in [2.24, 2.45) is 5.41 Å². The number of rotatable bonds is 2. The third-order valence-electron chi connectivity index (χ3n) is 4.63. The fraction of sp³-hybridized carbons (Fsp3) is 1.00. The molecule has 2 heteroatoms. The Morgan fingerprint density at radius 1 is 1.07 bits per heavy atom. The van der Waals surface area contributed by atoms with Crippen LogP contribution in [0.4, 0.5) is 0 Å². The topological polar surface area (TPSA) is 9.23 Å². The molecule has 0 aromatic rings. The zero-order chi connectivity index (χ0) is 9.60. The van der Waals surface area contributed by atoms with Gasteiger partial charge in [0, 0.05) is 10.8 Å². The maximum Gasteiger partial charge on any atom is 0.0663 e. The van der Waals surface area contributed by atoms with Crippen LogP contribution in [-0.2, 0) is 4.74 Å². The van der Waals surface area contributed by atoms with Gasteiger partial charge in [-0.05, 0) is 38.5 Å². The minimum Gasteiger partial charge on any atom is -0.374 e. The van der Waals surface area contributed by atoms with Crippen LogP contribution in [0.2, 0.25) is 0 Å². The Hall–Kier alpha value is 0.250. The van der Waals surface area contributed by atoms with Crippen LogP contribution in [0.1, 0.15) is 51.4 Å². The summed E-state index contributed by atoms with van der Waals surface area (Å²) in [6.45, 7) is 0. The minimum absolute atomic E-state index is 0.400. The first-order valence-corrected chi connectivity index (χ1v) is 6.54. The van der Waals surface area contributed by atoms with E-state index in [2.05, 4.69) is 0 Å². The van der Waals surface area contributed by atoms with Crippen molar-refractivity contribution in [1.29, 1.82) is 0 Å². The summed E-state index contributed by atoms with van der Waals surface area (Å²) in [7, 11) is 0. The van der Waals surface area contributed by atoms with Crippen LogP contribution in [0.3, 0.4) is 0 Å². The van der Waals surface area contributed by atoms with E-state index in [0.29, 0.717) is 23.0 Å². The Labute approximate surface area is 91.2 Å². The van der Waals surface area contributed by atoms with Gasteiger partial charge in [0.15, 0.2) is 0 Å². The van der Waals surface area contributed by atoms with Gasteiger partial charge in [0.05, 0.1) is 12.2 Å². The van der Waals surface area contributed by atoms with Crippen molar-refractivity contribution in [1.82, 2.24) is 0 Å². The van der Waals surface area contributed by atoms with Gasteiger partial charge in [-0.3, -0.25) is 0 Å². The van der Waals surface area contributed by atoms with Gasteiger partial charge in [-0.1, -0.05) is 12.8 Å². The summed E-state index contributed by atoms with van der Waals surface area (Å²) in [5.41, 5.74) is 0.400. The molecular weight excluding hydrogens is 196 g/mol. The SMILES string of the molecule is ClC1CC(OC2CCC2)C12CCCC2. The molecule has 2 unspecified atom stereocenters. The monoisotopic (exact) mass is 214 g/mol. The summed E-state index contributed by atoms with van der Waals surface area (Å²) in [5, 5.41) is 0.412. The van der Waals surface area contributed by atoms with Gasteiger partial charge in [-0.15, -0.1) is 11.6 Å². The van der Waals surface area contributed by atoms with Crippen molar-refractivity contribution in [2.75, 3.05) is 0 Å². The molecule has 3 aliphatic rings. The van der Waals surface area contributed by atoms with Gasteiger partial charge in [0.1, 0.15) is 0 Å². The molecule has 0 N–H and O–H groups in total. The first-order chi connectivity index (χ1) is 6.81. The highest BCUT2D eigenvalue weighted by Crippen LogP contribution is 2.57. The van der Waals surface area contributed by atoms with Crippen molar-refractivity contribution in [3.8, 4) is 0 Å². The van der Waals surface area contributed by atoms with Gasteiger partial charge in [-0.2, -0.15) is 0 Å². The van der Waals surface area contributed by atoms with Crippen molar-refractivity contribution >= 4 is 11.6 Å². The molecule has 3 rings (SSSR count). The van der Waals surface area contributed by atoms with Crippen molar-refractivity contribution in [2.45, 2.75) is 69.0 Å². The molecule has 3 fully saturated rings. The molecule has 0 amide bonds. The van der Waals surface area contributed by atoms with E-state index in [1.54, 1.807) is 0 Å². The van der Waals surface area contributed by atoms with Gasteiger partial charge < -0.3 is 4.74 Å². The molecular formula is C12H19ClO. The number of halogens is 1. The second-order valence-corrected chi connectivity index (χ2v) is 5.85. The lowest BCUT2D eigenvalue weighted by atomic mass is 9.64. The summed E-state index contributed by atoms with van der Waals surface area (Å²) in [6, 6.07) is 0. The summed E-state index contributed by atoms with van der Waals surface area (Å²) in [5.74, 6) is 0. The fourth-order valence-corrected chi connectivity index (χ4v) is 3.82. The average molecular weight is 215 g/mol. The summed E-state index contributed by atoms with van der Waals surface area (Å²) in [6.07, 6.45) is 11.5. The third kappa shape index (κ3) is 1.25. The largest absolute Gasteiger partial charge is 0.374 e. The van der Waals surface area contributed by atoms with Crippen molar-refractivity contribution in [3.05, 3.63) is 0 Å². The van der Waals surface area contributed by atoms with Gasteiger partial charge in [0.2, 0.25) is 0 Å². The highest BCUT2D eigenvalue weighted by Gasteiger charge is 2.56. The van der Waals surface area contributed by atoms with Gasteiger partial charge in [0.25, 0.3) is 0 Å². The zero-order valence-electron chi connectivity index (χ0n) is 8.68. The van der Waals surface area contributed by atoms with E-state index in [1.807, 2.05) is 0 Å². The lowest BCUT2D eigenvalue weighted by molar-refractivity contribution is -0.155. The lowest BCUT2D eigenvalue weighted by Gasteiger charge is -2.53. The average Bonchev–Trinajstić information content (AvgIpc) is 2.59. The van der Waals surface area contributed by atoms with Crippen LogP contribution in [0, 0.1) is 5.41 Å². The molecule has 3 aliphatic carbocycles. The number of alkyl halides is 1.